The molecule has 1 rings (SSSR count). The first-order chi connectivity index (χ1) is 6.76. The lowest BCUT2D eigenvalue weighted by Gasteiger charge is -1.96. The number of nitrogens with zero attached hydrogens (tertiary/aromatic N) is 1. The predicted octanol–water partition coefficient (Wildman–Crippen LogP) is 1.96. The van der Waals surface area contributed by atoms with Gasteiger partial charge < -0.3 is 4.79 Å². The van der Waals surface area contributed by atoms with Crippen LogP contribution in [0, 0.1) is 11.3 Å². The lowest BCUT2D eigenvalue weighted by atomic mass is 10.1. The van der Waals surface area contributed by atoms with E-state index in [-0.39, 0.29) is 6.05 Å². The number of aldehydes is 1. The molecule has 0 spiro atoms. The Labute approximate surface area is 78.5 Å². The van der Waals surface area contributed by atoms with Gasteiger partial charge in [0, 0.05) is 12.5 Å². The van der Waals surface area contributed by atoms with Crippen molar-refractivity contribution in [1.82, 2.24) is 0 Å². The second-order valence-electron chi connectivity index (χ2n) is 2.52. The molecule has 1 aromatic carbocycles. The molecule has 0 aliphatic heterocycles. The molecule has 2 nitrogen and oxygen atoms in total. The number of rotatable bonds is 3. The average Bonchev–Trinajstić information content (AvgIpc) is 2.19. The van der Waals surface area contributed by atoms with Gasteiger partial charge in [-0.15, -0.1) is 0 Å². The molecule has 0 fully saturated rings. The first kappa shape index (κ1) is 7.75. The molecule has 0 saturated heterocycles. The zero-order valence-corrected chi connectivity index (χ0v) is 7.03. The molecular formula is C11H9NO. The molecule has 0 atom stereocenters. The van der Waals surface area contributed by atoms with Crippen LogP contribution in [0.4, 0.5) is 0 Å². The topological polar surface area (TPSA) is 40.9 Å². The van der Waals surface area contributed by atoms with E-state index in [2.05, 4.69) is 0 Å². The van der Waals surface area contributed by atoms with E-state index in [1.807, 2.05) is 6.07 Å². The van der Waals surface area contributed by atoms with Gasteiger partial charge in [0.1, 0.15) is 6.29 Å². The van der Waals surface area contributed by atoms with Crippen molar-refractivity contribution in [2.24, 2.45) is 0 Å². The number of allylic oxidation sites excluding steroid dienone is 1. The summed E-state index contributed by atoms with van der Waals surface area (Å²) in [5.74, 6) is 0. The van der Waals surface area contributed by atoms with Gasteiger partial charge in [0.25, 0.3) is 0 Å². The molecule has 0 unspecified atom stereocenters. The van der Waals surface area contributed by atoms with Gasteiger partial charge in [0.2, 0.25) is 0 Å². The van der Waals surface area contributed by atoms with E-state index >= 15 is 0 Å². The second kappa shape index (κ2) is 4.89. The summed E-state index contributed by atoms with van der Waals surface area (Å²) in [6.07, 6.45) is 2.66. The standard InChI is InChI=1S/C11H9NO/c12-7-2-5-10-3-1-4-11(9-10)6-8-13/h1-5,8-9H,6H2/b5-2-/i2D. The maximum absolute atomic E-state index is 10.3. The Kier molecular flexibility index (Phi) is 2.92. The molecule has 0 amide bonds. The molecule has 13 heavy (non-hydrogen) atoms. The van der Waals surface area contributed by atoms with Gasteiger partial charge in [-0.1, -0.05) is 24.3 Å². The molecule has 0 aliphatic rings. The Bertz CT molecular complexity index is 404. The monoisotopic (exact) mass is 172 g/mol. The summed E-state index contributed by atoms with van der Waals surface area (Å²) in [6.45, 7) is 0. The summed E-state index contributed by atoms with van der Waals surface area (Å²) in [5, 5.41) is 8.41. The number of carbonyl (C=O) groups is 1. The fraction of sp³-hybridized carbons (Fsp3) is 0.0909. The van der Waals surface area contributed by atoms with Crippen LogP contribution >= 0.6 is 0 Å². The molecule has 0 aromatic heterocycles. The number of hydrogen-bond acceptors (Lipinski definition) is 2. The Morgan fingerprint density at radius 2 is 2.46 bits per heavy atom. The Morgan fingerprint density at radius 1 is 1.62 bits per heavy atom. The largest absolute Gasteiger partial charge is 0.303 e. The molecule has 0 N–H and O–H groups in total. The molecule has 0 aliphatic carbocycles. The Morgan fingerprint density at radius 3 is 3.15 bits per heavy atom. The summed E-state index contributed by atoms with van der Waals surface area (Å²) < 4.78 is 7.16. The molecular weight excluding hydrogens is 162 g/mol. The Hall–Kier alpha value is -1.88. The molecule has 0 saturated carbocycles. The van der Waals surface area contributed by atoms with Gasteiger partial charge in [-0.25, -0.2) is 0 Å². The highest BCUT2D eigenvalue weighted by Gasteiger charge is 1.91. The van der Waals surface area contributed by atoms with Crippen LogP contribution < -0.4 is 0 Å². The van der Waals surface area contributed by atoms with Crippen LogP contribution in [0.2, 0.25) is 0 Å². The van der Waals surface area contributed by atoms with Crippen molar-refractivity contribution in [3.05, 3.63) is 41.4 Å². The first-order valence-corrected chi connectivity index (χ1v) is 3.87. The van der Waals surface area contributed by atoms with Gasteiger partial charge >= 0.3 is 0 Å². The van der Waals surface area contributed by atoms with E-state index in [4.69, 9.17) is 6.63 Å². The van der Waals surface area contributed by atoms with Crippen molar-refractivity contribution in [2.45, 2.75) is 6.42 Å². The molecule has 64 valence electrons. The maximum atomic E-state index is 10.3. The highest BCUT2D eigenvalue weighted by molar-refractivity contribution is 5.58. The predicted molar refractivity (Wildman–Crippen MR) is 50.9 cm³/mol. The molecule has 2 heteroatoms. The minimum absolute atomic E-state index is 0.0896. The van der Waals surface area contributed by atoms with Crippen LogP contribution in [-0.2, 0) is 11.2 Å². The third-order valence-corrected chi connectivity index (χ3v) is 1.57. The van der Waals surface area contributed by atoms with Crippen LogP contribution in [0.25, 0.3) is 6.08 Å². The van der Waals surface area contributed by atoms with Crippen molar-refractivity contribution in [1.29, 1.82) is 5.26 Å². The first-order valence-electron chi connectivity index (χ1n) is 4.37. The normalized spacial score (nSPS) is 11.6. The van der Waals surface area contributed by atoms with Crippen molar-refractivity contribution >= 4 is 12.4 Å². The smallest absolute Gasteiger partial charge is 0.124 e. The van der Waals surface area contributed by atoms with Crippen LogP contribution in [0.3, 0.4) is 0 Å². The van der Waals surface area contributed by atoms with E-state index in [1.54, 1.807) is 24.3 Å². The summed E-state index contributed by atoms with van der Waals surface area (Å²) in [4.78, 5) is 10.3. The minimum atomic E-state index is -0.0896. The third kappa shape index (κ3) is 2.92. The minimum Gasteiger partial charge on any atom is -0.303 e. The number of carbonyl (C=O) groups excluding carboxylic acids is 1. The highest BCUT2D eigenvalue weighted by Crippen LogP contribution is 2.06. The fourth-order valence-corrected chi connectivity index (χ4v) is 1.02. The molecule has 1 aromatic rings. The third-order valence-electron chi connectivity index (χ3n) is 1.57. The zero-order chi connectivity index (χ0) is 10.4. The van der Waals surface area contributed by atoms with Gasteiger partial charge in [0.05, 0.1) is 7.44 Å². The lowest BCUT2D eigenvalue weighted by Crippen LogP contribution is -1.85. The summed E-state index contributed by atoms with van der Waals surface area (Å²) >= 11 is 0. The summed E-state index contributed by atoms with van der Waals surface area (Å²) in [6, 6.07) is 8.85. The average molecular weight is 172 g/mol. The van der Waals surface area contributed by atoms with Gasteiger partial charge in [-0.3, -0.25) is 0 Å². The maximum Gasteiger partial charge on any atom is 0.124 e. The van der Waals surface area contributed by atoms with Crippen molar-refractivity contribution in [2.75, 3.05) is 0 Å². The van der Waals surface area contributed by atoms with Crippen LogP contribution in [0.5, 0.6) is 0 Å². The van der Waals surface area contributed by atoms with Crippen LogP contribution in [0.1, 0.15) is 12.5 Å². The molecule has 0 bridgehead atoms. The van der Waals surface area contributed by atoms with E-state index in [0.29, 0.717) is 6.42 Å². The van der Waals surface area contributed by atoms with Crippen molar-refractivity contribution in [3.63, 3.8) is 0 Å². The van der Waals surface area contributed by atoms with E-state index < -0.39 is 0 Å². The van der Waals surface area contributed by atoms with Gasteiger partial charge in [0.15, 0.2) is 0 Å². The quantitative estimate of drug-likeness (QED) is 0.516. The summed E-state index contributed by atoms with van der Waals surface area (Å²) in [7, 11) is 0. The van der Waals surface area contributed by atoms with E-state index in [1.165, 1.54) is 6.08 Å². The van der Waals surface area contributed by atoms with Crippen molar-refractivity contribution in [3.8, 4) is 6.07 Å². The fourth-order valence-electron chi connectivity index (χ4n) is 1.02. The van der Waals surface area contributed by atoms with Crippen LogP contribution in [0.15, 0.2) is 30.3 Å². The molecule has 0 heterocycles. The van der Waals surface area contributed by atoms with Gasteiger partial charge in [-0.05, 0) is 17.2 Å². The number of hydrogen-bond donors (Lipinski definition) is 0. The Balaban J connectivity index is 2.95. The van der Waals surface area contributed by atoms with Crippen LogP contribution in [-0.4, -0.2) is 6.29 Å². The molecule has 0 radical (unpaired) electrons. The highest BCUT2D eigenvalue weighted by atomic mass is 16.1. The number of nitriles is 1. The SMILES string of the molecule is [2H]/C(C#N)=C/c1cccc(CC=O)c1. The zero-order valence-electron chi connectivity index (χ0n) is 8.03. The number of benzene rings is 1. The summed E-state index contributed by atoms with van der Waals surface area (Å²) in [5.41, 5.74) is 1.66. The lowest BCUT2D eigenvalue weighted by molar-refractivity contribution is -0.107. The van der Waals surface area contributed by atoms with E-state index in [9.17, 15) is 4.79 Å². The second-order valence-corrected chi connectivity index (χ2v) is 2.52. The van der Waals surface area contributed by atoms with Gasteiger partial charge in [-0.2, -0.15) is 5.26 Å². The van der Waals surface area contributed by atoms with E-state index in [0.717, 1.165) is 17.4 Å². The van der Waals surface area contributed by atoms with Crippen molar-refractivity contribution < 1.29 is 6.17 Å².